The van der Waals surface area contributed by atoms with Gasteiger partial charge in [-0.05, 0) is 75.9 Å². The normalized spacial score (nSPS) is 13.1. The second-order valence-electron chi connectivity index (χ2n) is 10.4. The van der Waals surface area contributed by atoms with Crippen LogP contribution in [0.25, 0.3) is 22.2 Å². The summed E-state index contributed by atoms with van der Waals surface area (Å²) in [6.45, 7) is 12.8. The molecule has 1 saturated carbocycles. The molecule has 42 heavy (non-hydrogen) atoms. The van der Waals surface area contributed by atoms with E-state index >= 15 is 0 Å². The predicted octanol–water partition coefficient (Wildman–Crippen LogP) is 7.06. The van der Waals surface area contributed by atoms with Crippen molar-refractivity contribution in [2.75, 3.05) is 18.5 Å². The highest BCUT2D eigenvalue weighted by atomic mass is 19.1. The summed E-state index contributed by atoms with van der Waals surface area (Å²) in [5, 5.41) is 6.30. The van der Waals surface area contributed by atoms with Gasteiger partial charge < -0.3 is 15.4 Å². The van der Waals surface area contributed by atoms with Crippen molar-refractivity contribution < 1.29 is 18.7 Å². The van der Waals surface area contributed by atoms with E-state index < -0.39 is 11.6 Å². The van der Waals surface area contributed by atoms with Gasteiger partial charge in [0.15, 0.2) is 5.67 Å². The van der Waals surface area contributed by atoms with Gasteiger partial charge in [0.1, 0.15) is 11.4 Å². The first-order valence-corrected chi connectivity index (χ1v) is 14.6. The summed E-state index contributed by atoms with van der Waals surface area (Å²) in [5.41, 5.74) is 4.99. The molecule has 0 aliphatic heterocycles. The maximum absolute atomic E-state index is 14.4. The Kier molecular flexibility index (Phi) is 9.55. The van der Waals surface area contributed by atoms with Gasteiger partial charge >= 0.3 is 0 Å². The van der Waals surface area contributed by atoms with E-state index in [0.717, 1.165) is 39.4 Å². The zero-order chi connectivity index (χ0) is 30.4. The lowest BCUT2D eigenvalue weighted by Gasteiger charge is -2.15. The Hall–Kier alpha value is -4.33. The minimum absolute atomic E-state index is 0.203. The summed E-state index contributed by atoms with van der Waals surface area (Å²) in [5.74, 6) is -0.244. The first-order chi connectivity index (χ1) is 20.2. The number of nitrogens with one attached hydrogen (secondary N) is 2. The second kappa shape index (κ2) is 13.1. The average molecular weight is 571 g/mol. The van der Waals surface area contributed by atoms with E-state index in [1.165, 1.54) is 0 Å². The van der Waals surface area contributed by atoms with Crippen LogP contribution < -0.4 is 15.4 Å². The number of nitrogens with zero attached hydrogens (tertiary/aromatic N) is 2. The van der Waals surface area contributed by atoms with Crippen molar-refractivity contribution >= 4 is 28.4 Å². The van der Waals surface area contributed by atoms with Crippen molar-refractivity contribution in [2.45, 2.75) is 66.5 Å². The molecular weight excluding hydrogens is 531 g/mol. The minimum Gasteiger partial charge on any atom is -0.491 e. The molecule has 0 unspecified atom stereocenters. The van der Waals surface area contributed by atoms with Crippen LogP contribution in [0.3, 0.4) is 0 Å². The molecule has 0 atom stereocenters. The molecule has 2 N–H and O–H groups in total. The van der Waals surface area contributed by atoms with Gasteiger partial charge in [-0.1, -0.05) is 43.7 Å². The van der Waals surface area contributed by atoms with E-state index in [2.05, 4.69) is 15.6 Å². The smallest absolute Gasteiger partial charge is 0.262 e. The Morgan fingerprint density at radius 3 is 2.38 bits per heavy atom. The van der Waals surface area contributed by atoms with Crippen LogP contribution >= 0.6 is 0 Å². The molecule has 1 fully saturated rings. The molecule has 2 aromatic heterocycles. The number of fused-ring (bicyclic) bond motifs is 1. The van der Waals surface area contributed by atoms with E-state index in [9.17, 15) is 14.0 Å². The number of aryl methyl sites for hydroxylation is 3. The van der Waals surface area contributed by atoms with Crippen LogP contribution in [-0.2, 0) is 11.2 Å². The second-order valence-corrected chi connectivity index (χ2v) is 10.4. The van der Waals surface area contributed by atoms with Crippen molar-refractivity contribution in [3.8, 4) is 17.0 Å². The summed E-state index contributed by atoms with van der Waals surface area (Å²) in [4.78, 5) is 34.9. The van der Waals surface area contributed by atoms with Gasteiger partial charge in [-0.25, -0.2) is 9.37 Å². The number of aromatic nitrogens is 2. The van der Waals surface area contributed by atoms with Crippen LogP contribution in [0.1, 0.15) is 66.4 Å². The third kappa shape index (κ3) is 6.93. The van der Waals surface area contributed by atoms with Crippen molar-refractivity contribution in [3.63, 3.8) is 0 Å². The number of alkyl halides is 1. The SMILES string of the molecule is CC.CCOc1c(C)cc(CCNC(=O)c2cc(NC(=O)C3(F)CC3)c3ncc(C)cc3c2)nc1-c1ccc(C)cc1. The molecule has 7 nitrogen and oxygen atoms in total. The van der Waals surface area contributed by atoms with E-state index in [1.807, 2.05) is 77.9 Å². The first kappa shape index (κ1) is 30.6. The highest BCUT2D eigenvalue weighted by molar-refractivity contribution is 6.08. The lowest BCUT2D eigenvalue weighted by Crippen LogP contribution is -2.27. The zero-order valence-electron chi connectivity index (χ0n) is 25.2. The standard InChI is InChI=1S/C32H33FN4O3.C2H6/c1-5-40-29-21(4)15-25(36-28(29)22-8-6-19(2)7-9-22)10-13-34-30(38)24-16-23-14-20(3)18-35-27(23)26(17-24)37-31(39)32(33)11-12-32;1-2/h6-9,14-18H,5,10-13H2,1-4H3,(H,34,38)(H,37,39);1-2H3. The van der Waals surface area contributed by atoms with Crippen LogP contribution in [0.15, 0.2) is 54.7 Å². The van der Waals surface area contributed by atoms with Crippen LogP contribution in [0, 0.1) is 20.8 Å². The number of benzene rings is 2. The molecule has 2 aromatic carbocycles. The topological polar surface area (TPSA) is 93.2 Å². The Labute approximate surface area is 246 Å². The number of rotatable bonds is 9. The zero-order valence-corrected chi connectivity index (χ0v) is 25.2. The number of ether oxygens (including phenoxy) is 1. The average Bonchev–Trinajstić information content (AvgIpc) is 3.74. The van der Waals surface area contributed by atoms with Gasteiger partial charge in [-0.15, -0.1) is 0 Å². The first-order valence-electron chi connectivity index (χ1n) is 14.6. The molecule has 0 radical (unpaired) electrons. The third-order valence-corrected chi connectivity index (χ3v) is 7.02. The molecule has 0 bridgehead atoms. The number of hydrogen-bond acceptors (Lipinski definition) is 5. The summed E-state index contributed by atoms with van der Waals surface area (Å²) < 4.78 is 20.3. The van der Waals surface area contributed by atoms with Crippen LogP contribution in [0.2, 0.25) is 0 Å². The highest BCUT2D eigenvalue weighted by Gasteiger charge is 2.51. The maximum atomic E-state index is 14.4. The molecular formula is C34H39FN4O3. The summed E-state index contributed by atoms with van der Waals surface area (Å²) in [7, 11) is 0. The molecule has 2 amide bonds. The Bertz CT molecular complexity index is 1600. The van der Waals surface area contributed by atoms with Gasteiger partial charge in [0, 0.05) is 41.4 Å². The molecule has 1 aliphatic carbocycles. The van der Waals surface area contributed by atoms with E-state index in [4.69, 9.17) is 9.72 Å². The molecule has 220 valence electrons. The fraction of sp³-hybridized carbons (Fsp3) is 0.353. The monoisotopic (exact) mass is 570 g/mol. The van der Waals surface area contributed by atoms with Crippen LogP contribution in [0.5, 0.6) is 5.75 Å². The van der Waals surface area contributed by atoms with E-state index in [1.54, 1.807) is 18.3 Å². The minimum atomic E-state index is -1.84. The molecule has 2 heterocycles. The molecule has 1 aliphatic rings. The molecule has 8 heteroatoms. The molecule has 4 aromatic rings. The number of hydrogen-bond donors (Lipinski definition) is 2. The molecule has 0 spiro atoms. The van der Waals surface area contributed by atoms with Gasteiger partial charge in [-0.2, -0.15) is 0 Å². The van der Waals surface area contributed by atoms with E-state index in [0.29, 0.717) is 41.7 Å². The quantitative estimate of drug-likeness (QED) is 0.225. The Morgan fingerprint density at radius 1 is 1.00 bits per heavy atom. The summed E-state index contributed by atoms with van der Waals surface area (Å²) >= 11 is 0. The lowest BCUT2D eigenvalue weighted by molar-refractivity contribution is -0.122. The van der Waals surface area contributed by atoms with Gasteiger partial charge in [0.25, 0.3) is 11.8 Å². The third-order valence-electron chi connectivity index (χ3n) is 7.02. The van der Waals surface area contributed by atoms with Gasteiger partial charge in [-0.3, -0.25) is 14.6 Å². The number of halogens is 1. The Balaban J connectivity index is 0.00000198. The number of anilines is 1. The number of pyridine rings is 2. The van der Waals surface area contributed by atoms with Crippen molar-refractivity contribution in [1.29, 1.82) is 0 Å². The Morgan fingerprint density at radius 2 is 1.71 bits per heavy atom. The van der Waals surface area contributed by atoms with Crippen molar-refractivity contribution in [3.05, 3.63) is 82.7 Å². The molecule has 5 rings (SSSR count). The van der Waals surface area contributed by atoms with Crippen LogP contribution in [0.4, 0.5) is 10.1 Å². The van der Waals surface area contributed by atoms with Crippen molar-refractivity contribution in [2.24, 2.45) is 0 Å². The van der Waals surface area contributed by atoms with E-state index in [-0.39, 0.29) is 18.7 Å². The predicted molar refractivity (Wildman–Crippen MR) is 166 cm³/mol. The van der Waals surface area contributed by atoms with Gasteiger partial charge in [0.2, 0.25) is 0 Å². The van der Waals surface area contributed by atoms with Crippen LogP contribution in [-0.4, -0.2) is 40.6 Å². The maximum Gasteiger partial charge on any atom is 0.262 e. The van der Waals surface area contributed by atoms with Gasteiger partial charge in [0.05, 0.1) is 17.8 Å². The fourth-order valence-corrected chi connectivity index (χ4v) is 4.65. The summed E-state index contributed by atoms with van der Waals surface area (Å²) in [6, 6.07) is 15.3. The van der Waals surface area contributed by atoms with Crippen molar-refractivity contribution in [1.82, 2.24) is 15.3 Å². The fourth-order valence-electron chi connectivity index (χ4n) is 4.65. The number of carbonyl (C=O) groups excluding carboxylic acids is 2. The number of amides is 2. The largest absolute Gasteiger partial charge is 0.491 e. The lowest BCUT2D eigenvalue weighted by atomic mass is 10.0. The molecule has 0 saturated heterocycles. The highest BCUT2D eigenvalue weighted by Crippen LogP contribution is 2.41. The number of carbonyl (C=O) groups is 2. The summed E-state index contributed by atoms with van der Waals surface area (Å²) in [6.07, 6.45) is 2.60.